The number of hydrogen-bond donors (Lipinski definition) is 1. The minimum absolute atomic E-state index is 0.00461. The molecule has 1 spiro atoms. The molecule has 3 unspecified atom stereocenters. The molecule has 1 aromatic rings. The molecule has 6 atom stereocenters. The van der Waals surface area contributed by atoms with E-state index in [1.54, 1.807) is 24.0 Å². The molecule has 10 heteroatoms. The number of nitrogens with zero attached hydrogens (tertiary/aromatic N) is 2. The van der Waals surface area contributed by atoms with Gasteiger partial charge in [-0.25, -0.2) is 0 Å². The van der Waals surface area contributed by atoms with Crippen LogP contribution in [0.1, 0.15) is 18.9 Å². The average molecular weight is 572 g/mol. The van der Waals surface area contributed by atoms with E-state index in [1.807, 2.05) is 19.1 Å². The number of anilines is 1. The van der Waals surface area contributed by atoms with Gasteiger partial charge in [0.1, 0.15) is 6.04 Å². The Morgan fingerprint density at radius 2 is 2.21 bits per heavy atom. The zero-order chi connectivity index (χ0) is 24.8. The number of β-amino-alcohol motifs (C(OH)–C–C–N with tert-alkyl or cyclic N) is 1. The lowest BCUT2D eigenvalue weighted by atomic mass is 9.71. The van der Waals surface area contributed by atoms with Crippen LogP contribution in [0.3, 0.4) is 0 Å². The van der Waals surface area contributed by atoms with Gasteiger partial charge in [-0.3, -0.25) is 14.4 Å². The SMILES string of the molecule is C=CCN(C(=O)C1N(CCO)C(=O)[C@@H]2[C@H](C(=O)OCC)[C@H]3SC12CC3Br)c1c(C)cccc1Cl. The second-order valence-corrected chi connectivity index (χ2v) is 11.9. The van der Waals surface area contributed by atoms with Crippen molar-refractivity contribution in [2.75, 3.05) is 31.2 Å². The molecule has 7 nitrogen and oxygen atoms in total. The maximum atomic E-state index is 14.3. The van der Waals surface area contributed by atoms with Gasteiger partial charge >= 0.3 is 5.97 Å². The molecule has 1 aromatic carbocycles. The van der Waals surface area contributed by atoms with E-state index in [4.69, 9.17) is 16.3 Å². The first-order chi connectivity index (χ1) is 16.2. The fraction of sp³-hybridized carbons (Fsp3) is 0.542. The first-order valence-electron chi connectivity index (χ1n) is 11.3. The summed E-state index contributed by atoms with van der Waals surface area (Å²) in [6.45, 7) is 7.56. The highest BCUT2D eigenvalue weighted by molar-refractivity contribution is 9.09. The van der Waals surface area contributed by atoms with E-state index in [-0.39, 0.29) is 48.2 Å². The van der Waals surface area contributed by atoms with Gasteiger partial charge in [0.05, 0.1) is 40.5 Å². The highest BCUT2D eigenvalue weighted by Crippen LogP contribution is 2.68. The van der Waals surface area contributed by atoms with Crippen molar-refractivity contribution in [2.45, 2.75) is 41.1 Å². The summed E-state index contributed by atoms with van der Waals surface area (Å²) < 4.78 is 4.53. The minimum Gasteiger partial charge on any atom is -0.466 e. The Morgan fingerprint density at radius 1 is 1.47 bits per heavy atom. The minimum atomic E-state index is -0.859. The number of ether oxygens (including phenoxy) is 1. The predicted octanol–water partition coefficient (Wildman–Crippen LogP) is 3.19. The molecular formula is C24H28BrClN2O5S. The molecule has 4 rings (SSSR count). The number of amides is 2. The first kappa shape index (κ1) is 25.5. The number of alkyl halides is 1. The lowest BCUT2D eigenvalue weighted by Crippen LogP contribution is -2.56. The van der Waals surface area contributed by atoms with Crippen LogP contribution >= 0.6 is 39.3 Å². The van der Waals surface area contributed by atoms with E-state index >= 15 is 0 Å². The van der Waals surface area contributed by atoms with Crippen LogP contribution in [-0.2, 0) is 19.1 Å². The molecule has 0 aliphatic carbocycles. The van der Waals surface area contributed by atoms with Gasteiger partial charge in [0.15, 0.2) is 0 Å². The Bertz CT molecular complexity index is 1000. The van der Waals surface area contributed by atoms with Crippen molar-refractivity contribution < 1.29 is 24.2 Å². The Hall–Kier alpha value is -1.55. The van der Waals surface area contributed by atoms with Crippen molar-refractivity contribution in [1.29, 1.82) is 0 Å². The van der Waals surface area contributed by atoms with Crippen LogP contribution < -0.4 is 4.90 Å². The van der Waals surface area contributed by atoms with Crippen LogP contribution in [0, 0.1) is 18.8 Å². The van der Waals surface area contributed by atoms with Crippen LogP contribution in [0.15, 0.2) is 30.9 Å². The average Bonchev–Trinajstić information content (AvgIpc) is 3.37. The van der Waals surface area contributed by atoms with Crippen molar-refractivity contribution in [1.82, 2.24) is 4.90 Å². The normalized spacial score (nSPS) is 31.5. The molecule has 0 saturated carbocycles. The topological polar surface area (TPSA) is 87.2 Å². The zero-order valence-corrected chi connectivity index (χ0v) is 22.2. The monoisotopic (exact) mass is 570 g/mol. The summed E-state index contributed by atoms with van der Waals surface area (Å²) >= 11 is 11.8. The van der Waals surface area contributed by atoms with E-state index in [0.717, 1.165) is 5.56 Å². The van der Waals surface area contributed by atoms with Crippen molar-refractivity contribution >= 4 is 62.8 Å². The number of halogens is 2. The molecule has 3 aliphatic heterocycles. The third-order valence-electron chi connectivity index (χ3n) is 6.96. The number of fused-ring (bicyclic) bond motifs is 1. The van der Waals surface area contributed by atoms with Gasteiger partial charge in [-0.2, -0.15) is 0 Å². The molecule has 2 amide bonds. The largest absolute Gasteiger partial charge is 0.466 e. The lowest BCUT2D eigenvalue weighted by Gasteiger charge is -2.38. The first-order valence-corrected chi connectivity index (χ1v) is 13.5. The van der Waals surface area contributed by atoms with Gasteiger partial charge in [0, 0.05) is 23.2 Å². The van der Waals surface area contributed by atoms with E-state index in [2.05, 4.69) is 22.5 Å². The summed E-state index contributed by atoms with van der Waals surface area (Å²) in [5, 5.41) is 10.0. The van der Waals surface area contributed by atoms with Gasteiger partial charge in [0.25, 0.3) is 5.91 Å². The summed E-state index contributed by atoms with van der Waals surface area (Å²) in [5.74, 6) is -2.32. The molecule has 0 radical (unpaired) electrons. The number of carbonyl (C=O) groups is 3. The number of rotatable bonds is 8. The van der Waals surface area contributed by atoms with Crippen LogP contribution in [0.5, 0.6) is 0 Å². The second-order valence-electron chi connectivity index (χ2n) is 8.81. The summed E-state index contributed by atoms with van der Waals surface area (Å²) in [6.07, 6.45) is 2.17. The van der Waals surface area contributed by atoms with Gasteiger partial charge < -0.3 is 19.6 Å². The smallest absolute Gasteiger partial charge is 0.310 e. The summed E-state index contributed by atoms with van der Waals surface area (Å²) in [6, 6.07) is 4.55. The van der Waals surface area contributed by atoms with Gasteiger partial charge in [0.2, 0.25) is 5.91 Å². The van der Waals surface area contributed by atoms with Crippen molar-refractivity contribution in [3.63, 3.8) is 0 Å². The molecule has 3 saturated heterocycles. The fourth-order valence-electron chi connectivity index (χ4n) is 5.80. The number of aliphatic hydroxyl groups excluding tert-OH is 1. The number of carbonyl (C=O) groups excluding carboxylic acids is 3. The Morgan fingerprint density at radius 3 is 2.82 bits per heavy atom. The van der Waals surface area contributed by atoms with E-state index in [1.165, 1.54) is 16.7 Å². The molecule has 0 aromatic heterocycles. The zero-order valence-electron chi connectivity index (χ0n) is 19.1. The highest BCUT2D eigenvalue weighted by Gasteiger charge is 2.76. The Labute approximate surface area is 216 Å². The molecule has 1 N–H and O–H groups in total. The molecular weight excluding hydrogens is 544 g/mol. The number of thioether (sulfide) groups is 1. The molecule has 34 heavy (non-hydrogen) atoms. The number of para-hydroxylation sites is 1. The van der Waals surface area contributed by atoms with Crippen LogP contribution in [0.4, 0.5) is 5.69 Å². The molecule has 3 aliphatic rings. The van der Waals surface area contributed by atoms with Crippen LogP contribution in [0.2, 0.25) is 5.02 Å². The predicted molar refractivity (Wildman–Crippen MR) is 136 cm³/mol. The van der Waals surface area contributed by atoms with Crippen molar-refractivity contribution in [3.8, 4) is 0 Å². The molecule has 3 heterocycles. The summed E-state index contributed by atoms with van der Waals surface area (Å²) in [5.41, 5.74) is 1.39. The number of hydrogen-bond acceptors (Lipinski definition) is 6. The lowest BCUT2D eigenvalue weighted by molar-refractivity contribution is -0.153. The third-order valence-corrected chi connectivity index (χ3v) is 10.5. The van der Waals surface area contributed by atoms with Gasteiger partial charge in [-0.1, -0.05) is 45.7 Å². The maximum absolute atomic E-state index is 14.3. The van der Waals surface area contributed by atoms with Gasteiger partial charge in [-0.05, 0) is 31.9 Å². The van der Waals surface area contributed by atoms with Crippen LogP contribution in [-0.4, -0.2) is 75.0 Å². The van der Waals surface area contributed by atoms with Gasteiger partial charge in [-0.15, -0.1) is 18.3 Å². The number of aryl methyl sites for hydroxylation is 1. The maximum Gasteiger partial charge on any atom is 0.310 e. The van der Waals surface area contributed by atoms with E-state index < -0.39 is 28.6 Å². The van der Waals surface area contributed by atoms with Crippen LogP contribution in [0.25, 0.3) is 0 Å². The summed E-state index contributed by atoms with van der Waals surface area (Å²) in [4.78, 5) is 43.9. The molecule has 3 fully saturated rings. The van der Waals surface area contributed by atoms with E-state index in [9.17, 15) is 19.5 Å². The number of esters is 1. The standard InChI is InChI=1S/C24H28BrClN2O5S/c1-4-9-27(18-13(3)7-6-8-15(18)26)22(31)20-24-12-14(25)19(34-24)16(23(32)33-5-2)17(24)21(30)28(20)10-11-29/h4,6-8,14,16-17,19-20,29H,1,5,9-12H2,2-3H3/t14?,16-,17-,19-,20?,24?/m0/s1. The number of aliphatic hydroxyl groups is 1. The fourth-order valence-corrected chi connectivity index (χ4v) is 9.72. The number of likely N-dealkylation sites (tertiary alicyclic amines) is 1. The third kappa shape index (κ3) is 3.79. The Balaban J connectivity index is 1.82. The van der Waals surface area contributed by atoms with Crippen molar-refractivity contribution in [2.24, 2.45) is 11.8 Å². The highest BCUT2D eigenvalue weighted by atomic mass is 79.9. The number of benzene rings is 1. The summed E-state index contributed by atoms with van der Waals surface area (Å²) in [7, 11) is 0. The van der Waals surface area contributed by atoms with Crippen molar-refractivity contribution in [3.05, 3.63) is 41.4 Å². The quantitative estimate of drug-likeness (QED) is 0.293. The van der Waals surface area contributed by atoms with E-state index in [0.29, 0.717) is 17.1 Å². The molecule has 2 bridgehead atoms. The Kier molecular flexibility index (Phi) is 7.39. The second kappa shape index (κ2) is 9.84. The molecule has 184 valence electrons.